The number of anilines is 1. The number of ether oxygens (including phenoxy) is 1. The van der Waals surface area contributed by atoms with Crippen LogP contribution in [0.4, 0.5) is 5.69 Å². The van der Waals surface area contributed by atoms with Crippen molar-refractivity contribution in [2.24, 2.45) is 0 Å². The van der Waals surface area contributed by atoms with Gasteiger partial charge in [-0.1, -0.05) is 0 Å². The molecule has 2 rings (SSSR count). The van der Waals surface area contributed by atoms with Crippen LogP contribution in [0.15, 0.2) is 18.2 Å². The summed E-state index contributed by atoms with van der Waals surface area (Å²) in [7, 11) is 0. The zero-order valence-corrected chi connectivity index (χ0v) is 12.6. The molecule has 0 saturated carbocycles. The van der Waals surface area contributed by atoms with Crippen molar-refractivity contribution in [3.8, 4) is 5.75 Å². The topological polar surface area (TPSA) is 87.7 Å². The first-order chi connectivity index (χ1) is 9.60. The van der Waals surface area contributed by atoms with Gasteiger partial charge in [0.1, 0.15) is 5.75 Å². The smallest absolute Gasteiger partial charge is 0.262 e. The highest BCUT2D eigenvalue weighted by Gasteiger charge is 2.36. The minimum Gasteiger partial charge on any atom is -0.482 e. The van der Waals surface area contributed by atoms with Gasteiger partial charge in [-0.2, -0.15) is 0 Å². The van der Waals surface area contributed by atoms with Crippen molar-refractivity contribution in [1.82, 2.24) is 5.32 Å². The van der Waals surface area contributed by atoms with E-state index in [0.717, 1.165) is 0 Å². The van der Waals surface area contributed by atoms with Crippen LogP contribution in [0.2, 0.25) is 0 Å². The number of rotatable bonds is 3. The Morgan fingerprint density at radius 3 is 2.62 bits per heavy atom. The first-order valence-electron chi connectivity index (χ1n) is 6.72. The van der Waals surface area contributed by atoms with Crippen molar-refractivity contribution in [2.75, 3.05) is 11.9 Å². The van der Waals surface area contributed by atoms with Gasteiger partial charge in [-0.25, -0.2) is 0 Å². The summed E-state index contributed by atoms with van der Waals surface area (Å²) in [5.74, 6) is -0.0467. The van der Waals surface area contributed by atoms with Crippen molar-refractivity contribution in [3.05, 3.63) is 23.8 Å². The Balaban J connectivity index is 2.21. The molecule has 1 aromatic carbocycles. The highest BCUT2D eigenvalue weighted by molar-refractivity contribution is 6.00. The first-order valence-corrected chi connectivity index (χ1v) is 6.72. The van der Waals surface area contributed by atoms with Crippen LogP contribution in [0.3, 0.4) is 0 Å². The number of carbonyl (C=O) groups excluding carboxylic acids is 2. The summed E-state index contributed by atoms with van der Waals surface area (Å²) in [6.07, 6.45) is 0. The van der Waals surface area contributed by atoms with E-state index in [1.54, 1.807) is 45.9 Å². The molecule has 114 valence electrons. The first kappa shape index (κ1) is 15.3. The van der Waals surface area contributed by atoms with Crippen molar-refractivity contribution in [1.29, 1.82) is 0 Å². The maximum absolute atomic E-state index is 12.3. The van der Waals surface area contributed by atoms with Crippen LogP contribution in [-0.4, -0.2) is 34.7 Å². The molecule has 0 saturated heterocycles. The Bertz CT molecular complexity index is 588. The Hall–Kier alpha value is -2.08. The molecule has 6 nitrogen and oxygen atoms in total. The number of hydrogen-bond acceptors (Lipinski definition) is 4. The van der Waals surface area contributed by atoms with Crippen LogP contribution in [0.25, 0.3) is 0 Å². The van der Waals surface area contributed by atoms with Crippen LogP contribution in [0.1, 0.15) is 38.1 Å². The SMILES string of the molecule is CC(C)(O)C(C)(C)NC(=O)c1ccc2c(c1)NC(=O)CO2. The average molecular weight is 292 g/mol. The molecule has 6 heteroatoms. The summed E-state index contributed by atoms with van der Waals surface area (Å²) in [6, 6.07) is 4.81. The minimum absolute atomic E-state index is 0.0235. The molecule has 0 unspecified atom stereocenters. The van der Waals surface area contributed by atoms with Gasteiger partial charge in [0.15, 0.2) is 6.61 Å². The Labute approximate surface area is 123 Å². The Morgan fingerprint density at radius 2 is 2.00 bits per heavy atom. The number of amides is 2. The Kier molecular flexibility index (Phi) is 3.67. The highest BCUT2D eigenvalue weighted by atomic mass is 16.5. The molecule has 1 heterocycles. The third kappa shape index (κ3) is 3.16. The number of aliphatic hydroxyl groups is 1. The zero-order chi connectivity index (χ0) is 15.8. The van der Waals surface area contributed by atoms with E-state index in [-0.39, 0.29) is 18.4 Å². The lowest BCUT2D eigenvalue weighted by molar-refractivity contribution is -0.118. The molecular formula is C15H20N2O4. The Morgan fingerprint density at radius 1 is 1.33 bits per heavy atom. The molecule has 1 aliphatic rings. The van der Waals surface area contributed by atoms with Gasteiger partial charge in [-0.3, -0.25) is 9.59 Å². The second-order valence-corrected chi connectivity index (χ2v) is 6.19. The molecule has 1 aromatic rings. The molecular weight excluding hydrogens is 272 g/mol. The van der Waals surface area contributed by atoms with E-state index in [1.807, 2.05) is 0 Å². The van der Waals surface area contributed by atoms with Crippen LogP contribution in [-0.2, 0) is 4.79 Å². The fraction of sp³-hybridized carbons (Fsp3) is 0.467. The normalized spacial score (nSPS) is 14.8. The van der Waals surface area contributed by atoms with Crippen molar-refractivity contribution < 1.29 is 19.4 Å². The molecule has 1 aliphatic heterocycles. The standard InChI is InChI=1S/C15H20N2O4/c1-14(2,15(3,4)20)17-13(19)9-5-6-11-10(7-9)16-12(18)8-21-11/h5-7,20H,8H2,1-4H3,(H,16,18)(H,17,19). The molecule has 0 bridgehead atoms. The molecule has 2 amide bonds. The molecule has 0 aliphatic carbocycles. The van der Waals surface area contributed by atoms with Crippen LogP contribution >= 0.6 is 0 Å². The average Bonchev–Trinajstić information content (AvgIpc) is 2.35. The quantitative estimate of drug-likeness (QED) is 0.783. The molecule has 0 atom stereocenters. The number of fused-ring (bicyclic) bond motifs is 1. The van der Waals surface area contributed by atoms with E-state index < -0.39 is 11.1 Å². The van der Waals surface area contributed by atoms with Gasteiger partial charge < -0.3 is 20.5 Å². The molecule has 3 N–H and O–H groups in total. The summed E-state index contributed by atoms with van der Waals surface area (Å²) in [6.45, 7) is 6.73. The summed E-state index contributed by atoms with van der Waals surface area (Å²) in [4.78, 5) is 23.6. The minimum atomic E-state index is -1.08. The van der Waals surface area contributed by atoms with E-state index in [2.05, 4.69) is 10.6 Å². The van der Waals surface area contributed by atoms with Gasteiger partial charge in [0.25, 0.3) is 11.8 Å². The predicted molar refractivity (Wildman–Crippen MR) is 78.4 cm³/mol. The van der Waals surface area contributed by atoms with E-state index in [0.29, 0.717) is 17.0 Å². The van der Waals surface area contributed by atoms with Crippen LogP contribution < -0.4 is 15.4 Å². The van der Waals surface area contributed by atoms with Crippen LogP contribution in [0, 0.1) is 0 Å². The number of nitrogens with one attached hydrogen (secondary N) is 2. The highest BCUT2D eigenvalue weighted by Crippen LogP contribution is 2.29. The van der Waals surface area contributed by atoms with E-state index in [4.69, 9.17) is 4.74 Å². The van der Waals surface area contributed by atoms with E-state index in [1.165, 1.54) is 0 Å². The van der Waals surface area contributed by atoms with Gasteiger partial charge in [0.05, 0.1) is 16.8 Å². The second-order valence-electron chi connectivity index (χ2n) is 6.19. The number of hydrogen-bond donors (Lipinski definition) is 3. The molecule has 0 spiro atoms. The summed E-state index contributed by atoms with van der Waals surface area (Å²) < 4.78 is 5.24. The van der Waals surface area contributed by atoms with Gasteiger partial charge in [0, 0.05) is 5.56 Å². The summed E-state index contributed by atoms with van der Waals surface area (Å²) in [5.41, 5.74) is -1.02. The lowest BCUT2D eigenvalue weighted by Gasteiger charge is -2.38. The number of benzene rings is 1. The van der Waals surface area contributed by atoms with Gasteiger partial charge in [-0.15, -0.1) is 0 Å². The second kappa shape index (κ2) is 5.04. The van der Waals surface area contributed by atoms with Gasteiger partial charge in [0.2, 0.25) is 0 Å². The number of carbonyl (C=O) groups is 2. The van der Waals surface area contributed by atoms with Gasteiger partial charge >= 0.3 is 0 Å². The maximum Gasteiger partial charge on any atom is 0.262 e. The van der Waals surface area contributed by atoms with E-state index >= 15 is 0 Å². The van der Waals surface area contributed by atoms with Crippen molar-refractivity contribution in [2.45, 2.75) is 38.8 Å². The third-order valence-electron chi connectivity index (χ3n) is 3.83. The van der Waals surface area contributed by atoms with Crippen molar-refractivity contribution >= 4 is 17.5 Å². The lowest BCUT2D eigenvalue weighted by Crippen LogP contribution is -2.57. The summed E-state index contributed by atoms with van der Waals surface area (Å²) in [5, 5.41) is 15.5. The predicted octanol–water partition coefficient (Wildman–Crippen LogP) is 1.30. The van der Waals surface area contributed by atoms with Gasteiger partial charge in [-0.05, 0) is 45.9 Å². The largest absolute Gasteiger partial charge is 0.482 e. The van der Waals surface area contributed by atoms with E-state index in [9.17, 15) is 14.7 Å². The molecule has 21 heavy (non-hydrogen) atoms. The fourth-order valence-corrected chi connectivity index (χ4v) is 1.73. The van der Waals surface area contributed by atoms with Crippen LogP contribution in [0.5, 0.6) is 5.75 Å². The molecule has 0 fully saturated rings. The fourth-order valence-electron chi connectivity index (χ4n) is 1.73. The zero-order valence-electron chi connectivity index (χ0n) is 12.6. The molecule has 0 aromatic heterocycles. The summed E-state index contributed by atoms with van der Waals surface area (Å²) >= 11 is 0. The molecule has 0 radical (unpaired) electrons. The monoisotopic (exact) mass is 292 g/mol. The maximum atomic E-state index is 12.3. The van der Waals surface area contributed by atoms with Crippen molar-refractivity contribution in [3.63, 3.8) is 0 Å². The lowest BCUT2D eigenvalue weighted by atomic mass is 9.85. The third-order valence-corrected chi connectivity index (χ3v) is 3.83.